The molecular formula is C14H18N2O3. The van der Waals surface area contributed by atoms with E-state index in [1.807, 2.05) is 4.90 Å². The number of likely N-dealkylation sites (tertiary alicyclic amines) is 1. The summed E-state index contributed by atoms with van der Waals surface area (Å²) >= 11 is 0. The Morgan fingerprint density at radius 2 is 2.00 bits per heavy atom. The van der Waals surface area contributed by atoms with Gasteiger partial charge in [-0.2, -0.15) is 0 Å². The number of aromatic nitrogens is 1. The molecule has 0 atom stereocenters. The summed E-state index contributed by atoms with van der Waals surface area (Å²) in [5, 5.41) is 0. The fraction of sp³-hybridized carbons (Fsp3) is 0.500. The van der Waals surface area contributed by atoms with Crippen LogP contribution < -0.4 is 4.74 Å². The van der Waals surface area contributed by atoms with Gasteiger partial charge >= 0.3 is 0 Å². The highest BCUT2D eigenvalue weighted by atomic mass is 16.5. The molecule has 1 aliphatic heterocycles. The fourth-order valence-corrected chi connectivity index (χ4v) is 2.10. The first-order valence-corrected chi connectivity index (χ1v) is 6.61. The van der Waals surface area contributed by atoms with Crippen LogP contribution in [0.3, 0.4) is 0 Å². The first-order chi connectivity index (χ1) is 9.29. The second-order valence-electron chi connectivity index (χ2n) is 4.62. The molecule has 1 aromatic heterocycles. The highest BCUT2D eigenvalue weighted by Gasteiger charge is 2.15. The van der Waals surface area contributed by atoms with E-state index in [1.165, 1.54) is 19.0 Å². The van der Waals surface area contributed by atoms with Crippen molar-refractivity contribution in [2.45, 2.75) is 25.7 Å². The molecule has 0 spiro atoms. The molecular weight excluding hydrogens is 244 g/mol. The minimum atomic E-state index is 0.0152. The highest BCUT2D eigenvalue weighted by molar-refractivity contribution is 5.77. The van der Waals surface area contributed by atoms with Crippen molar-refractivity contribution in [1.29, 1.82) is 0 Å². The monoisotopic (exact) mass is 262 g/mol. The Hall–Kier alpha value is -1.91. The van der Waals surface area contributed by atoms with E-state index in [9.17, 15) is 9.59 Å². The Kier molecular flexibility index (Phi) is 4.89. The number of carbonyl (C=O) groups is 2. The summed E-state index contributed by atoms with van der Waals surface area (Å²) in [7, 11) is 0. The van der Waals surface area contributed by atoms with E-state index < -0.39 is 0 Å². The Morgan fingerprint density at radius 3 is 2.58 bits per heavy atom. The van der Waals surface area contributed by atoms with Crippen LogP contribution in [0, 0.1) is 0 Å². The molecule has 0 unspecified atom stereocenters. The van der Waals surface area contributed by atoms with E-state index in [2.05, 4.69) is 4.98 Å². The maximum absolute atomic E-state index is 12.0. The van der Waals surface area contributed by atoms with Crippen LogP contribution >= 0.6 is 0 Å². The molecule has 5 nitrogen and oxygen atoms in total. The molecule has 0 aliphatic carbocycles. The summed E-state index contributed by atoms with van der Waals surface area (Å²) in [5.41, 5.74) is 0.353. The zero-order chi connectivity index (χ0) is 13.5. The van der Waals surface area contributed by atoms with Gasteiger partial charge in [-0.1, -0.05) is 12.8 Å². The molecule has 2 heterocycles. The van der Waals surface area contributed by atoms with Gasteiger partial charge in [0.25, 0.3) is 5.91 Å². The Bertz CT molecular complexity index is 423. The predicted molar refractivity (Wildman–Crippen MR) is 70.2 cm³/mol. The van der Waals surface area contributed by atoms with Crippen LogP contribution in [0.1, 0.15) is 36.2 Å². The molecule has 1 aromatic rings. The van der Waals surface area contributed by atoms with E-state index in [4.69, 9.17) is 4.74 Å². The van der Waals surface area contributed by atoms with Crippen LogP contribution in [-0.4, -0.2) is 41.8 Å². The third kappa shape index (κ3) is 4.05. The van der Waals surface area contributed by atoms with Crippen LogP contribution in [0.4, 0.5) is 0 Å². The van der Waals surface area contributed by atoms with Gasteiger partial charge in [0, 0.05) is 13.1 Å². The zero-order valence-corrected chi connectivity index (χ0v) is 10.9. The Morgan fingerprint density at radius 1 is 1.26 bits per heavy atom. The van der Waals surface area contributed by atoms with Crippen molar-refractivity contribution in [2.75, 3.05) is 19.7 Å². The summed E-state index contributed by atoms with van der Waals surface area (Å²) in [6.45, 7) is 1.68. The summed E-state index contributed by atoms with van der Waals surface area (Å²) < 4.78 is 5.39. The van der Waals surface area contributed by atoms with E-state index in [0.717, 1.165) is 25.9 Å². The molecule has 2 rings (SSSR count). The van der Waals surface area contributed by atoms with Crippen molar-refractivity contribution in [2.24, 2.45) is 0 Å². The number of amides is 1. The van der Waals surface area contributed by atoms with Gasteiger partial charge < -0.3 is 9.64 Å². The molecule has 0 bridgehead atoms. The average molecular weight is 262 g/mol. The van der Waals surface area contributed by atoms with Crippen molar-refractivity contribution in [1.82, 2.24) is 9.88 Å². The second-order valence-corrected chi connectivity index (χ2v) is 4.62. The molecule has 1 fully saturated rings. The maximum atomic E-state index is 12.0. The molecule has 19 heavy (non-hydrogen) atoms. The van der Waals surface area contributed by atoms with Crippen LogP contribution in [0.2, 0.25) is 0 Å². The zero-order valence-electron chi connectivity index (χ0n) is 10.9. The van der Waals surface area contributed by atoms with Gasteiger partial charge in [-0.3, -0.25) is 9.59 Å². The summed E-state index contributed by atoms with van der Waals surface area (Å²) in [6.07, 6.45) is 6.66. The minimum absolute atomic E-state index is 0.0152. The Balaban J connectivity index is 1.83. The maximum Gasteiger partial charge on any atom is 0.260 e. The van der Waals surface area contributed by atoms with Crippen LogP contribution in [0.5, 0.6) is 5.75 Å². The Labute approximate surface area is 112 Å². The third-order valence-corrected chi connectivity index (χ3v) is 3.20. The molecule has 5 heteroatoms. The van der Waals surface area contributed by atoms with Crippen molar-refractivity contribution >= 4 is 12.2 Å². The molecule has 0 aromatic carbocycles. The third-order valence-electron chi connectivity index (χ3n) is 3.20. The normalized spacial score (nSPS) is 15.7. The number of ether oxygens (including phenoxy) is 1. The number of pyridine rings is 1. The molecule has 1 amide bonds. The molecule has 102 valence electrons. The van der Waals surface area contributed by atoms with Gasteiger partial charge in [0.15, 0.2) is 12.9 Å². The lowest BCUT2D eigenvalue weighted by atomic mass is 10.2. The molecule has 0 saturated carbocycles. The van der Waals surface area contributed by atoms with Crippen molar-refractivity contribution in [3.8, 4) is 5.75 Å². The molecule has 0 radical (unpaired) electrons. The first-order valence-electron chi connectivity index (χ1n) is 6.61. The summed E-state index contributed by atoms with van der Waals surface area (Å²) in [5.74, 6) is 0.523. The van der Waals surface area contributed by atoms with E-state index in [1.54, 1.807) is 12.1 Å². The van der Waals surface area contributed by atoms with E-state index in [-0.39, 0.29) is 12.5 Å². The van der Waals surface area contributed by atoms with E-state index >= 15 is 0 Å². The van der Waals surface area contributed by atoms with E-state index in [0.29, 0.717) is 17.7 Å². The van der Waals surface area contributed by atoms with Gasteiger partial charge in [0.2, 0.25) is 0 Å². The van der Waals surface area contributed by atoms with Crippen molar-refractivity contribution in [3.63, 3.8) is 0 Å². The van der Waals surface area contributed by atoms with Gasteiger partial charge in [0.05, 0.1) is 6.20 Å². The number of rotatable bonds is 4. The van der Waals surface area contributed by atoms with Crippen molar-refractivity contribution in [3.05, 3.63) is 24.0 Å². The van der Waals surface area contributed by atoms with Crippen molar-refractivity contribution < 1.29 is 14.3 Å². The second kappa shape index (κ2) is 6.87. The number of hydrogen-bond acceptors (Lipinski definition) is 4. The smallest absolute Gasteiger partial charge is 0.260 e. The number of aldehydes is 1. The minimum Gasteiger partial charge on any atom is -0.482 e. The van der Waals surface area contributed by atoms with Gasteiger partial charge in [-0.25, -0.2) is 4.98 Å². The average Bonchev–Trinajstić information content (AvgIpc) is 2.74. The van der Waals surface area contributed by atoms with Gasteiger partial charge in [-0.15, -0.1) is 0 Å². The lowest BCUT2D eigenvalue weighted by Crippen LogP contribution is -2.35. The van der Waals surface area contributed by atoms with Crippen LogP contribution in [0.25, 0.3) is 0 Å². The number of hydrogen-bond donors (Lipinski definition) is 0. The van der Waals surface area contributed by atoms with Gasteiger partial charge in [0.1, 0.15) is 11.4 Å². The van der Waals surface area contributed by atoms with Crippen LogP contribution in [-0.2, 0) is 4.79 Å². The largest absolute Gasteiger partial charge is 0.482 e. The van der Waals surface area contributed by atoms with Gasteiger partial charge in [-0.05, 0) is 25.0 Å². The topological polar surface area (TPSA) is 59.5 Å². The quantitative estimate of drug-likeness (QED) is 0.774. The summed E-state index contributed by atoms with van der Waals surface area (Å²) in [6, 6.07) is 3.21. The SMILES string of the molecule is O=Cc1ccc(OCC(=O)N2CCCCCC2)cn1. The summed E-state index contributed by atoms with van der Waals surface area (Å²) in [4.78, 5) is 28.2. The predicted octanol–water partition coefficient (Wildman–Crippen LogP) is 1.68. The standard InChI is InChI=1S/C14H18N2O3/c17-10-12-5-6-13(9-15-12)19-11-14(18)16-7-3-1-2-4-8-16/h5-6,9-10H,1-4,7-8,11H2. The molecule has 1 saturated heterocycles. The highest BCUT2D eigenvalue weighted by Crippen LogP contribution is 2.11. The molecule has 1 aliphatic rings. The lowest BCUT2D eigenvalue weighted by Gasteiger charge is -2.20. The fourth-order valence-electron chi connectivity index (χ4n) is 2.10. The lowest BCUT2D eigenvalue weighted by molar-refractivity contribution is -0.133. The number of carbonyl (C=O) groups excluding carboxylic acids is 2. The number of nitrogens with zero attached hydrogens (tertiary/aromatic N) is 2. The first kappa shape index (κ1) is 13.5. The van der Waals surface area contributed by atoms with Crippen LogP contribution in [0.15, 0.2) is 18.3 Å². The molecule has 0 N–H and O–H groups in total.